The Kier molecular flexibility index (Phi) is 4.70. The fraction of sp³-hybridized carbons (Fsp3) is 0.450. The number of aliphatic hydroxyl groups excluding tert-OH is 1. The number of hydrogen-bond donors (Lipinski definition) is 1. The van der Waals surface area contributed by atoms with E-state index in [1.165, 1.54) is 6.26 Å². The molecule has 0 radical (unpaired) electrons. The molecule has 1 aromatic carbocycles. The van der Waals surface area contributed by atoms with Crippen molar-refractivity contribution in [3.8, 4) is 5.75 Å². The number of nitrogens with zero attached hydrogens (tertiary/aromatic N) is 2. The first kappa shape index (κ1) is 17.1. The van der Waals surface area contributed by atoms with E-state index < -0.39 is 6.29 Å². The highest BCUT2D eigenvalue weighted by molar-refractivity contribution is 5.98. The highest BCUT2D eigenvalue weighted by Crippen LogP contribution is 2.29. The van der Waals surface area contributed by atoms with Crippen LogP contribution in [0.4, 0.5) is 0 Å². The number of hydrogen-bond acceptors (Lipinski definition) is 5. The molecule has 1 unspecified atom stereocenters. The van der Waals surface area contributed by atoms with Crippen LogP contribution in [0.3, 0.4) is 0 Å². The lowest BCUT2D eigenvalue weighted by Crippen LogP contribution is -2.44. The molecule has 0 aliphatic carbocycles. The molecule has 5 rings (SSSR count). The molecule has 0 saturated carbocycles. The summed E-state index contributed by atoms with van der Waals surface area (Å²) in [6.07, 6.45) is 4.03. The van der Waals surface area contributed by atoms with Gasteiger partial charge in [0.25, 0.3) is 5.91 Å². The lowest BCUT2D eigenvalue weighted by Gasteiger charge is -2.33. The zero-order chi connectivity index (χ0) is 18.1. The smallest absolute Gasteiger partial charge is 0.256 e. The number of carbonyl (C=O) groups is 1. The number of amides is 1. The number of ether oxygens (including phenoxy) is 2. The average molecular weight is 356 g/mol. The second-order valence-corrected chi connectivity index (χ2v) is 6.96. The minimum absolute atomic E-state index is 0.120. The zero-order valence-corrected chi connectivity index (χ0v) is 14.9. The number of allylic oxidation sites excluding steroid dienone is 2. The monoisotopic (exact) mass is 356 g/mol. The van der Waals surface area contributed by atoms with Gasteiger partial charge in [-0.25, -0.2) is 0 Å². The molecule has 26 heavy (non-hydrogen) atoms. The van der Waals surface area contributed by atoms with Gasteiger partial charge in [0.2, 0.25) is 6.29 Å². The molecule has 4 aliphatic rings. The molecule has 1 aromatic rings. The van der Waals surface area contributed by atoms with Gasteiger partial charge in [-0.15, -0.1) is 0 Å². The van der Waals surface area contributed by atoms with Gasteiger partial charge >= 0.3 is 0 Å². The van der Waals surface area contributed by atoms with Crippen LogP contribution < -0.4 is 4.74 Å². The largest absolute Gasteiger partial charge is 0.497 e. The molecule has 6 nitrogen and oxygen atoms in total. The standard InChI is InChI=1S/C20H24N2O4/c1-25-17-4-2-14(3-5-17)15-12-18(20(24)26-13-15)19(23)22-11-10-21-8-6-16(22)7-9-21/h2-5,12-13,16,20,24H,6-11H2,1H3. The molecule has 1 atom stereocenters. The van der Waals surface area contributed by atoms with Crippen LogP contribution in [0.5, 0.6) is 5.75 Å². The van der Waals surface area contributed by atoms with E-state index in [-0.39, 0.29) is 11.9 Å². The first-order chi connectivity index (χ1) is 12.7. The van der Waals surface area contributed by atoms with Crippen molar-refractivity contribution in [3.63, 3.8) is 0 Å². The van der Waals surface area contributed by atoms with Crippen LogP contribution >= 0.6 is 0 Å². The fourth-order valence-corrected chi connectivity index (χ4v) is 3.91. The average Bonchev–Trinajstić information content (AvgIpc) is 3.02. The van der Waals surface area contributed by atoms with Gasteiger partial charge in [0.1, 0.15) is 5.75 Å². The molecule has 3 fully saturated rings. The minimum Gasteiger partial charge on any atom is -0.497 e. The summed E-state index contributed by atoms with van der Waals surface area (Å²) in [5.41, 5.74) is 1.98. The van der Waals surface area contributed by atoms with Crippen molar-refractivity contribution in [2.75, 3.05) is 33.3 Å². The third-order valence-corrected chi connectivity index (χ3v) is 5.49. The van der Waals surface area contributed by atoms with Crippen LogP contribution in [0.15, 0.2) is 42.2 Å². The lowest BCUT2D eigenvalue weighted by molar-refractivity contribution is -0.133. The molecule has 2 bridgehead atoms. The van der Waals surface area contributed by atoms with Gasteiger partial charge in [-0.2, -0.15) is 0 Å². The number of piperidine rings is 1. The van der Waals surface area contributed by atoms with Crippen molar-refractivity contribution in [3.05, 3.63) is 47.7 Å². The highest BCUT2D eigenvalue weighted by Gasteiger charge is 2.35. The van der Waals surface area contributed by atoms with E-state index in [0.717, 1.165) is 49.4 Å². The van der Waals surface area contributed by atoms with Crippen LogP contribution in [-0.4, -0.2) is 66.4 Å². The van der Waals surface area contributed by atoms with E-state index in [0.29, 0.717) is 12.1 Å². The predicted molar refractivity (Wildman–Crippen MR) is 97.3 cm³/mol. The lowest BCUT2D eigenvalue weighted by atomic mass is 10.00. The second-order valence-electron chi connectivity index (χ2n) is 6.96. The fourth-order valence-electron chi connectivity index (χ4n) is 3.91. The molecule has 3 saturated heterocycles. The summed E-state index contributed by atoms with van der Waals surface area (Å²) in [7, 11) is 1.62. The normalized spacial score (nSPS) is 27.9. The van der Waals surface area contributed by atoms with E-state index in [1.807, 2.05) is 29.2 Å². The van der Waals surface area contributed by atoms with Crippen LogP contribution in [0.1, 0.15) is 18.4 Å². The van der Waals surface area contributed by atoms with Crippen molar-refractivity contribution in [1.82, 2.24) is 9.80 Å². The summed E-state index contributed by atoms with van der Waals surface area (Å²) >= 11 is 0. The number of rotatable bonds is 3. The van der Waals surface area contributed by atoms with Crippen LogP contribution in [0.25, 0.3) is 5.57 Å². The highest BCUT2D eigenvalue weighted by atomic mass is 16.6. The third kappa shape index (κ3) is 3.22. The number of carbonyl (C=O) groups excluding carboxylic acids is 1. The van der Waals surface area contributed by atoms with Gasteiger partial charge in [-0.1, -0.05) is 12.1 Å². The first-order valence-corrected chi connectivity index (χ1v) is 9.09. The van der Waals surface area contributed by atoms with Crippen LogP contribution in [0.2, 0.25) is 0 Å². The number of fused-ring (bicyclic) bond motifs is 4. The Morgan fingerprint density at radius 2 is 1.88 bits per heavy atom. The SMILES string of the molecule is COc1ccc(C2=COC(O)C(C(=O)N3CCN4CCC3CC4)=C2)cc1. The van der Waals surface area contributed by atoms with E-state index in [2.05, 4.69) is 4.90 Å². The summed E-state index contributed by atoms with van der Waals surface area (Å²) < 4.78 is 10.6. The summed E-state index contributed by atoms with van der Waals surface area (Å²) in [6.45, 7) is 3.69. The zero-order valence-electron chi connectivity index (χ0n) is 14.9. The Labute approximate surface area is 153 Å². The first-order valence-electron chi connectivity index (χ1n) is 9.09. The minimum atomic E-state index is -1.22. The van der Waals surface area contributed by atoms with Crippen molar-refractivity contribution >= 4 is 11.5 Å². The molecule has 1 amide bonds. The Hall–Kier alpha value is -2.31. The topological polar surface area (TPSA) is 62.2 Å². The molecule has 6 heteroatoms. The maximum Gasteiger partial charge on any atom is 0.256 e. The van der Waals surface area contributed by atoms with Crippen LogP contribution in [0, 0.1) is 0 Å². The second kappa shape index (κ2) is 7.13. The van der Waals surface area contributed by atoms with Crippen molar-refractivity contribution < 1.29 is 19.4 Å². The van der Waals surface area contributed by atoms with Crippen molar-refractivity contribution in [2.24, 2.45) is 0 Å². The van der Waals surface area contributed by atoms with Gasteiger partial charge in [-0.3, -0.25) is 4.79 Å². The summed E-state index contributed by atoms with van der Waals surface area (Å²) in [5.74, 6) is 0.645. The maximum atomic E-state index is 13.1. The Balaban J connectivity index is 1.58. The maximum absolute atomic E-state index is 13.1. The Bertz CT molecular complexity index is 733. The van der Waals surface area contributed by atoms with Gasteiger partial charge in [0, 0.05) is 37.8 Å². The number of aliphatic hydroxyl groups is 1. The Morgan fingerprint density at radius 3 is 2.58 bits per heavy atom. The van der Waals surface area contributed by atoms with E-state index in [4.69, 9.17) is 9.47 Å². The van der Waals surface area contributed by atoms with E-state index in [1.54, 1.807) is 13.2 Å². The molecule has 4 heterocycles. The molecule has 0 spiro atoms. The summed E-state index contributed by atoms with van der Waals surface area (Å²) in [4.78, 5) is 17.4. The Morgan fingerprint density at radius 1 is 1.15 bits per heavy atom. The molecular formula is C20H24N2O4. The third-order valence-electron chi connectivity index (χ3n) is 5.49. The molecule has 0 aromatic heterocycles. The molecule has 4 aliphatic heterocycles. The van der Waals surface area contributed by atoms with Gasteiger partial charge in [-0.05, 0) is 36.6 Å². The number of benzene rings is 1. The molecule has 1 N–H and O–H groups in total. The summed E-state index contributed by atoms with van der Waals surface area (Å²) in [6, 6.07) is 7.79. The number of methoxy groups -OCH3 is 1. The predicted octanol–water partition coefficient (Wildman–Crippen LogP) is 1.62. The van der Waals surface area contributed by atoms with Crippen LogP contribution in [-0.2, 0) is 9.53 Å². The van der Waals surface area contributed by atoms with E-state index in [9.17, 15) is 9.90 Å². The van der Waals surface area contributed by atoms with Crippen molar-refractivity contribution in [2.45, 2.75) is 25.2 Å². The van der Waals surface area contributed by atoms with Gasteiger partial charge in [0.15, 0.2) is 0 Å². The molecular weight excluding hydrogens is 332 g/mol. The molecule has 138 valence electrons. The summed E-state index contributed by atoms with van der Waals surface area (Å²) in [5, 5.41) is 10.2. The quantitative estimate of drug-likeness (QED) is 0.892. The van der Waals surface area contributed by atoms with E-state index >= 15 is 0 Å². The van der Waals surface area contributed by atoms with Gasteiger partial charge in [0.05, 0.1) is 18.9 Å². The van der Waals surface area contributed by atoms with Gasteiger partial charge < -0.3 is 24.4 Å². The van der Waals surface area contributed by atoms with Crippen molar-refractivity contribution in [1.29, 1.82) is 0 Å².